The van der Waals surface area contributed by atoms with E-state index in [4.69, 9.17) is 21.1 Å². The highest BCUT2D eigenvalue weighted by atomic mass is 35.5. The molecule has 0 unspecified atom stereocenters. The van der Waals surface area contributed by atoms with E-state index < -0.39 is 0 Å². The molecule has 1 amide bonds. The predicted molar refractivity (Wildman–Crippen MR) is 116 cm³/mol. The molecule has 1 N–H and O–H groups in total. The van der Waals surface area contributed by atoms with Crippen LogP contribution in [0.15, 0.2) is 36.4 Å². The Bertz CT molecular complexity index is 967. The molecule has 1 heterocycles. The maximum Gasteiger partial charge on any atom is 0.227 e. The minimum Gasteiger partial charge on any atom is -0.493 e. The molecule has 0 radical (unpaired) electrons. The number of aromatic nitrogens is 2. The quantitative estimate of drug-likeness (QED) is 0.548. The second kappa shape index (κ2) is 9.18. The fraction of sp³-hybridized carbons (Fsp3) is 0.364. The number of carbonyl (C=O) groups excluding carboxylic acids is 1. The number of halogens is 1. The number of imidazole rings is 1. The van der Waals surface area contributed by atoms with Crippen LogP contribution in [0.3, 0.4) is 0 Å². The summed E-state index contributed by atoms with van der Waals surface area (Å²) in [7, 11) is 3.07. The number of H-pyrrole nitrogens is 1. The van der Waals surface area contributed by atoms with E-state index in [0.717, 1.165) is 17.5 Å². The third kappa shape index (κ3) is 4.65. The van der Waals surface area contributed by atoms with Gasteiger partial charge in [0.15, 0.2) is 11.5 Å². The molecule has 7 heteroatoms. The van der Waals surface area contributed by atoms with Crippen LogP contribution in [0.4, 0.5) is 5.69 Å². The normalized spacial score (nSPS) is 11.1. The van der Waals surface area contributed by atoms with Crippen LogP contribution in [0.25, 0.3) is 11.0 Å². The Kier molecular flexibility index (Phi) is 6.64. The minimum atomic E-state index is -0.0201. The lowest BCUT2D eigenvalue weighted by molar-refractivity contribution is -0.119. The van der Waals surface area contributed by atoms with Gasteiger partial charge in [-0.3, -0.25) is 4.79 Å². The average Bonchev–Trinajstić information content (AvgIpc) is 3.12. The summed E-state index contributed by atoms with van der Waals surface area (Å²) in [6.45, 7) is 4.47. The van der Waals surface area contributed by atoms with E-state index in [9.17, 15) is 4.79 Å². The standard InChI is InChI=1S/C22H26ClN3O3/c1-14(2)9-12-20(27)26(13-19-24-15-7-5-6-8-16(15)25-19)17-10-11-18(28-3)22(29-4)21(17)23/h5-8,10-11,14H,9,12-13H2,1-4H3,(H,24,25). The number of hydrogen-bond donors (Lipinski definition) is 1. The Labute approximate surface area is 175 Å². The molecule has 0 fully saturated rings. The van der Waals surface area contributed by atoms with Crippen molar-refractivity contribution < 1.29 is 14.3 Å². The van der Waals surface area contributed by atoms with Gasteiger partial charge in [-0.2, -0.15) is 0 Å². The molecule has 0 atom stereocenters. The summed E-state index contributed by atoms with van der Waals surface area (Å²) >= 11 is 6.61. The molecule has 3 aromatic rings. The van der Waals surface area contributed by atoms with Gasteiger partial charge in [0.25, 0.3) is 0 Å². The van der Waals surface area contributed by atoms with Crippen molar-refractivity contribution in [2.75, 3.05) is 19.1 Å². The zero-order valence-electron chi connectivity index (χ0n) is 17.2. The van der Waals surface area contributed by atoms with E-state index in [1.54, 1.807) is 24.1 Å². The number of para-hydroxylation sites is 2. The number of carbonyl (C=O) groups is 1. The molecular formula is C22H26ClN3O3. The van der Waals surface area contributed by atoms with Crippen LogP contribution in [-0.4, -0.2) is 30.1 Å². The largest absolute Gasteiger partial charge is 0.493 e. The van der Waals surface area contributed by atoms with E-state index in [0.29, 0.717) is 40.4 Å². The van der Waals surface area contributed by atoms with Crippen molar-refractivity contribution in [3.05, 3.63) is 47.2 Å². The number of anilines is 1. The molecule has 0 aliphatic heterocycles. The first-order valence-corrected chi connectivity index (χ1v) is 9.96. The smallest absolute Gasteiger partial charge is 0.227 e. The van der Waals surface area contributed by atoms with Gasteiger partial charge in [-0.1, -0.05) is 37.6 Å². The Balaban J connectivity index is 2.00. The molecule has 0 aliphatic carbocycles. The molecule has 0 bridgehead atoms. The summed E-state index contributed by atoms with van der Waals surface area (Å²) in [5, 5.41) is 0.334. The number of ether oxygens (including phenoxy) is 2. The maximum atomic E-state index is 13.1. The third-order valence-electron chi connectivity index (χ3n) is 4.74. The second-order valence-electron chi connectivity index (χ2n) is 7.25. The van der Waals surface area contributed by atoms with Gasteiger partial charge < -0.3 is 19.4 Å². The molecule has 1 aromatic heterocycles. The number of rotatable bonds is 8. The van der Waals surface area contributed by atoms with Crippen molar-refractivity contribution in [1.29, 1.82) is 0 Å². The van der Waals surface area contributed by atoms with E-state index in [-0.39, 0.29) is 12.5 Å². The minimum absolute atomic E-state index is 0.0201. The summed E-state index contributed by atoms with van der Waals surface area (Å²) in [5.74, 6) is 2.01. The predicted octanol–water partition coefficient (Wildman–Crippen LogP) is 5.20. The summed E-state index contributed by atoms with van der Waals surface area (Å²) in [6.07, 6.45) is 1.21. The lowest BCUT2D eigenvalue weighted by Crippen LogP contribution is -2.31. The fourth-order valence-electron chi connectivity index (χ4n) is 3.17. The van der Waals surface area contributed by atoms with E-state index >= 15 is 0 Å². The Morgan fingerprint density at radius 2 is 1.93 bits per heavy atom. The van der Waals surface area contributed by atoms with Gasteiger partial charge in [0.05, 0.1) is 37.5 Å². The third-order valence-corrected chi connectivity index (χ3v) is 5.10. The van der Waals surface area contributed by atoms with Crippen LogP contribution < -0.4 is 14.4 Å². The average molecular weight is 416 g/mol. The van der Waals surface area contributed by atoms with Crippen LogP contribution in [0.5, 0.6) is 11.5 Å². The zero-order chi connectivity index (χ0) is 21.0. The lowest BCUT2D eigenvalue weighted by Gasteiger charge is -2.25. The molecule has 3 rings (SSSR count). The van der Waals surface area contributed by atoms with Crippen LogP contribution >= 0.6 is 11.6 Å². The first kappa shape index (κ1) is 21.0. The van der Waals surface area contributed by atoms with Crippen molar-refractivity contribution in [2.24, 2.45) is 5.92 Å². The van der Waals surface area contributed by atoms with Crippen LogP contribution in [-0.2, 0) is 11.3 Å². The van der Waals surface area contributed by atoms with Crippen molar-refractivity contribution in [1.82, 2.24) is 9.97 Å². The van der Waals surface area contributed by atoms with Crippen LogP contribution in [0.2, 0.25) is 5.02 Å². The molecule has 0 saturated carbocycles. The molecular weight excluding hydrogens is 390 g/mol. The Morgan fingerprint density at radius 3 is 2.59 bits per heavy atom. The Morgan fingerprint density at radius 1 is 1.17 bits per heavy atom. The van der Waals surface area contributed by atoms with Crippen molar-refractivity contribution in [3.63, 3.8) is 0 Å². The van der Waals surface area contributed by atoms with Gasteiger partial charge >= 0.3 is 0 Å². The van der Waals surface area contributed by atoms with Gasteiger partial charge in [0.2, 0.25) is 5.91 Å². The molecule has 6 nitrogen and oxygen atoms in total. The summed E-state index contributed by atoms with van der Waals surface area (Å²) < 4.78 is 10.7. The fourth-order valence-corrected chi connectivity index (χ4v) is 3.51. The Hall–Kier alpha value is -2.73. The number of nitrogens with zero attached hydrogens (tertiary/aromatic N) is 2. The van der Waals surface area contributed by atoms with Gasteiger partial charge in [-0.25, -0.2) is 4.98 Å². The SMILES string of the molecule is COc1ccc(N(Cc2nc3ccccc3[nH]2)C(=O)CCC(C)C)c(Cl)c1OC. The highest BCUT2D eigenvalue weighted by Crippen LogP contribution is 2.42. The van der Waals surface area contributed by atoms with Crippen molar-refractivity contribution >= 4 is 34.2 Å². The van der Waals surface area contributed by atoms with E-state index in [2.05, 4.69) is 23.8 Å². The number of fused-ring (bicyclic) bond motifs is 1. The van der Waals surface area contributed by atoms with Crippen molar-refractivity contribution in [3.8, 4) is 11.5 Å². The van der Waals surface area contributed by atoms with Gasteiger partial charge in [-0.05, 0) is 36.6 Å². The van der Waals surface area contributed by atoms with Crippen molar-refractivity contribution in [2.45, 2.75) is 33.2 Å². The number of methoxy groups -OCH3 is 2. The van der Waals surface area contributed by atoms with Gasteiger partial charge in [0, 0.05) is 6.42 Å². The molecule has 0 spiro atoms. The molecule has 154 valence electrons. The monoisotopic (exact) mass is 415 g/mol. The van der Waals surface area contributed by atoms with E-state index in [1.807, 2.05) is 24.3 Å². The number of benzene rings is 2. The summed E-state index contributed by atoms with van der Waals surface area (Å²) in [6, 6.07) is 11.3. The highest BCUT2D eigenvalue weighted by Gasteiger charge is 2.24. The maximum absolute atomic E-state index is 13.1. The van der Waals surface area contributed by atoms with Crippen LogP contribution in [0.1, 0.15) is 32.5 Å². The summed E-state index contributed by atoms with van der Waals surface area (Å²) in [5.41, 5.74) is 2.35. The molecule has 2 aromatic carbocycles. The van der Waals surface area contributed by atoms with Gasteiger partial charge in [0.1, 0.15) is 10.8 Å². The van der Waals surface area contributed by atoms with Crippen LogP contribution in [0, 0.1) is 5.92 Å². The molecule has 0 saturated heterocycles. The lowest BCUT2D eigenvalue weighted by atomic mass is 10.1. The first-order valence-electron chi connectivity index (χ1n) is 9.59. The van der Waals surface area contributed by atoms with E-state index in [1.165, 1.54) is 7.11 Å². The zero-order valence-corrected chi connectivity index (χ0v) is 17.9. The molecule has 29 heavy (non-hydrogen) atoms. The highest BCUT2D eigenvalue weighted by molar-refractivity contribution is 6.35. The van der Waals surface area contributed by atoms with Gasteiger partial charge in [-0.15, -0.1) is 0 Å². The topological polar surface area (TPSA) is 67.5 Å². The number of nitrogens with one attached hydrogen (secondary N) is 1. The first-order chi connectivity index (χ1) is 13.9. The second-order valence-corrected chi connectivity index (χ2v) is 7.63. The number of amides is 1. The number of hydrogen-bond acceptors (Lipinski definition) is 4. The summed E-state index contributed by atoms with van der Waals surface area (Å²) in [4.78, 5) is 22.7. The molecule has 0 aliphatic rings. The number of aromatic amines is 1.